The number of phenols is 1. The highest BCUT2D eigenvalue weighted by Gasteiger charge is 2.18. The molecule has 0 aliphatic carbocycles. The number of phenolic OH excluding ortho intramolecular Hbond substituents is 1. The molecule has 0 saturated heterocycles. The molecule has 0 bridgehead atoms. The summed E-state index contributed by atoms with van der Waals surface area (Å²) in [6.07, 6.45) is 0.138. The molecular weight excluding hydrogens is 236 g/mol. The molecule has 96 valence electrons. The van der Waals surface area contributed by atoms with Crippen molar-refractivity contribution in [3.8, 4) is 23.3 Å². The first kappa shape index (κ1) is 13.6. The minimum absolute atomic E-state index is 0.128. The summed E-state index contributed by atoms with van der Waals surface area (Å²) in [4.78, 5) is 11.0. The van der Waals surface area contributed by atoms with Crippen LogP contribution in [-0.2, 0) is 11.2 Å². The van der Waals surface area contributed by atoms with Crippen LogP contribution in [0.4, 0.5) is 0 Å². The summed E-state index contributed by atoms with van der Waals surface area (Å²) in [6.45, 7) is 0. The van der Waals surface area contributed by atoms with Crippen molar-refractivity contribution in [1.82, 2.24) is 0 Å². The Hall–Kier alpha value is -2.42. The average molecular weight is 250 g/mol. The van der Waals surface area contributed by atoms with Gasteiger partial charge in [0, 0.05) is 0 Å². The van der Waals surface area contributed by atoms with E-state index in [-0.39, 0.29) is 23.7 Å². The number of methoxy groups -OCH3 is 2. The van der Waals surface area contributed by atoms with E-state index in [0.29, 0.717) is 5.56 Å². The molecule has 1 aromatic carbocycles. The zero-order valence-corrected chi connectivity index (χ0v) is 10.1. The van der Waals surface area contributed by atoms with Gasteiger partial charge in [-0.1, -0.05) is 0 Å². The van der Waals surface area contributed by atoms with Crippen LogP contribution in [0.2, 0.25) is 0 Å². The van der Waals surface area contributed by atoms with Gasteiger partial charge in [0.15, 0.2) is 11.5 Å². The third kappa shape index (κ3) is 2.83. The monoisotopic (exact) mass is 250 g/mol. The molecule has 6 heteroatoms. The molecule has 1 unspecified atom stereocenters. The van der Waals surface area contributed by atoms with E-state index >= 15 is 0 Å². The van der Waals surface area contributed by atoms with Crippen LogP contribution in [0, 0.1) is 17.2 Å². The maximum atomic E-state index is 11.0. The molecule has 0 radical (unpaired) electrons. The smallest absolute Gasteiger partial charge is 0.235 e. The Bertz CT molecular complexity index is 468. The summed E-state index contributed by atoms with van der Waals surface area (Å²) in [5.41, 5.74) is 5.71. The molecule has 0 fully saturated rings. The number of benzene rings is 1. The van der Waals surface area contributed by atoms with E-state index in [9.17, 15) is 9.90 Å². The highest BCUT2D eigenvalue weighted by molar-refractivity contribution is 5.79. The molecule has 18 heavy (non-hydrogen) atoms. The Morgan fingerprint density at radius 3 is 2.28 bits per heavy atom. The number of hydrogen-bond donors (Lipinski definition) is 2. The van der Waals surface area contributed by atoms with Gasteiger partial charge < -0.3 is 20.3 Å². The predicted octanol–water partition coefficient (Wildman–Crippen LogP) is 0.577. The van der Waals surface area contributed by atoms with Gasteiger partial charge in [0.05, 0.1) is 20.3 Å². The fourth-order valence-electron chi connectivity index (χ4n) is 1.51. The number of carbonyl (C=O) groups is 1. The molecule has 0 aliphatic heterocycles. The number of aromatic hydroxyl groups is 1. The van der Waals surface area contributed by atoms with Crippen molar-refractivity contribution in [2.45, 2.75) is 6.42 Å². The van der Waals surface area contributed by atoms with Gasteiger partial charge in [-0.2, -0.15) is 5.26 Å². The van der Waals surface area contributed by atoms with Crippen LogP contribution >= 0.6 is 0 Å². The van der Waals surface area contributed by atoms with Gasteiger partial charge in [-0.15, -0.1) is 0 Å². The van der Waals surface area contributed by atoms with E-state index in [4.69, 9.17) is 20.5 Å². The molecular formula is C12H14N2O4. The summed E-state index contributed by atoms with van der Waals surface area (Å²) in [5.74, 6) is -1.32. The van der Waals surface area contributed by atoms with E-state index in [2.05, 4.69) is 0 Å². The fraction of sp³-hybridized carbons (Fsp3) is 0.333. The van der Waals surface area contributed by atoms with Crippen molar-refractivity contribution >= 4 is 5.91 Å². The molecule has 1 rings (SSSR count). The predicted molar refractivity (Wildman–Crippen MR) is 63.2 cm³/mol. The Morgan fingerprint density at radius 1 is 1.44 bits per heavy atom. The molecule has 0 spiro atoms. The zero-order valence-electron chi connectivity index (χ0n) is 10.1. The van der Waals surface area contributed by atoms with Crippen LogP contribution in [0.25, 0.3) is 0 Å². The number of nitrogens with two attached hydrogens (primary N) is 1. The topological polar surface area (TPSA) is 106 Å². The zero-order chi connectivity index (χ0) is 13.7. The number of carbonyl (C=O) groups excluding carboxylic acids is 1. The van der Waals surface area contributed by atoms with E-state index in [1.54, 1.807) is 0 Å². The first-order chi connectivity index (χ1) is 8.53. The minimum Gasteiger partial charge on any atom is -0.502 e. The first-order valence-electron chi connectivity index (χ1n) is 5.16. The normalized spacial score (nSPS) is 11.4. The molecule has 0 heterocycles. The highest BCUT2D eigenvalue weighted by atomic mass is 16.5. The maximum absolute atomic E-state index is 11.0. The van der Waals surface area contributed by atoms with Crippen LogP contribution in [0.15, 0.2) is 12.1 Å². The van der Waals surface area contributed by atoms with Crippen molar-refractivity contribution in [3.63, 3.8) is 0 Å². The lowest BCUT2D eigenvalue weighted by Gasteiger charge is -2.12. The number of nitrogens with zero attached hydrogens (tertiary/aromatic N) is 1. The van der Waals surface area contributed by atoms with Crippen LogP contribution in [-0.4, -0.2) is 25.2 Å². The summed E-state index contributed by atoms with van der Waals surface area (Å²) in [5, 5.41) is 18.5. The molecule has 1 aromatic rings. The number of hydrogen-bond acceptors (Lipinski definition) is 5. The quantitative estimate of drug-likeness (QED) is 0.795. The highest BCUT2D eigenvalue weighted by Crippen LogP contribution is 2.37. The lowest BCUT2D eigenvalue weighted by molar-refractivity contribution is -0.120. The van der Waals surface area contributed by atoms with Gasteiger partial charge >= 0.3 is 0 Å². The van der Waals surface area contributed by atoms with Crippen molar-refractivity contribution in [2.75, 3.05) is 14.2 Å². The summed E-state index contributed by atoms with van der Waals surface area (Å²) in [7, 11) is 2.79. The largest absolute Gasteiger partial charge is 0.502 e. The van der Waals surface area contributed by atoms with Crippen molar-refractivity contribution in [3.05, 3.63) is 17.7 Å². The number of nitriles is 1. The lowest BCUT2D eigenvalue weighted by Crippen LogP contribution is -2.23. The van der Waals surface area contributed by atoms with E-state index in [1.165, 1.54) is 26.4 Å². The lowest BCUT2D eigenvalue weighted by atomic mass is 9.99. The maximum Gasteiger partial charge on any atom is 0.235 e. The standard InChI is InChI=1S/C12H14N2O4/c1-17-9-4-7(3-8(6-13)12(14)16)5-10(18-2)11(9)15/h4-5,8,15H,3H2,1-2H3,(H2,14,16). The Labute approximate surface area is 105 Å². The summed E-state index contributed by atoms with van der Waals surface area (Å²) < 4.78 is 9.95. The van der Waals surface area contributed by atoms with Gasteiger partial charge in [-0.05, 0) is 24.1 Å². The van der Waals surface area contributed by atoms with Crippen LogP contribution < -0.4 is 15.2 Å². The molecule has 6 nitrogen and oxygen atoms in total. The number of primary amides is 1. The van der Waals surface area contributed by atoms with Gasteiger partial charge in [0.2, 0.25) is 11.7 Å². The fourth-order valence-corrected chi connectivity index (χ4v) is 1.51. The van der Waals surface area contributed by atoms with Crippen LogP contribution in [0.3, 0.4) is 0 Å². The molecule has 1 amide bonds. The van der Waals surface area contributed by atoms with Crippen molar-refractivity contribution in [2.24, 2.45) is 11.7 Å². The SMILES string of the molecule is COc1cc(CC(C#N)C(N)=O)cc(OC)c1O. The van der Waals surface area contributed by atoms with Crippen molar-refractivity contribution in [1.29, 1.82) is 5.26 Å². The van der Waals surface area contributed by atoms with E-state index in [0.717, 1.165) is 0 Å². The molecule has 0 saturated carbocycles. The number of amides is 1. The Balaban J connectivity index is 3.11. The third-order valence-electron chi connectivity index (χ3n) is 2.48. The second-order valence-corrected chi connectivity index (χ2v) is 3.64. The summed E-state index contributed by atoms with van der Waals surface area (Å²) >= 11 is 0. The van der Waals surface area contributed by atoms with E-state index in [1.807, 2.05) is 6.07 Å². The van der Waals surface area contributed by atoms with Gasteiger partial charge in [-0.25, -0.2) is 0 Å². The van der Waals surface area contributed by atoms with Crippen molar-refractivity contribution < 1.29 is 19.4 Å². The van der Waals surface area contributed by atoms with Gasteiger partial charge in [0.1, 0.15) is 5.92 Å². The second kappa shape index (κ2) is 5.77. The summed E-state index contributed by atoms with van der Waals surface area (Å²) in [6, 6.07) is 4.89. The molecule has 0 aromatic heterocycles. The van der Waals surface area contributed by atoms with E-state index < -0.39 is 11.8 Å². The Morgan fingerprint density at radius 2 is 1.94 bits per heavy atom. The minimum atomic E-state index is -0.927. The number of ether oxygens (including phenoxy) is 2. The molecule has 0 aliphatic rings. The first-order valence-corrected chi connectivity index (χ1v) is 5.16. The second-order valence-electron chi connectivity index (χ2n) is 3.64. The average Bonchev–Trinajstić information content (AvgIpc) is 2.36. The van der Waals surface area contributed by atoms with Crippen LogP contribution in [0.5, 0.6) is 17.2 Å². The Kier molecular flexibility index (Phi) is 4.38. The molecule has 3 N–H and O–H groups in total. The van der Waals surface area contributed by atoms with Crippen LogP contribution in [0.1, 0.15) is 5.56 Å². The van der Waals surface area contributed by atoms with Gasteiger partial charge in [0.25, 0.3) is 0 Å². The number of rotatable bonds is 5. The third-order valence-corrected chi connectivity index (χ3v) is 2.48. The van der Waals surface area contributed by atoms with Gasteiger partial charge in [-0.3, -0.25) is 4.79 Å². The molecule has 1 atom stereocenters.